The van der Waals surface area contributed by atoms with E-state index in [0.717, 1.165) is 33.7 Å². The van der Waals surface area contributed by atoms with Crippen LogP contribution in [0.25, 0.3) is 0 Å². The highest BCUT2D eigenvalue weighted by molar-refractivity contribution is 9.10. The Morgan fingerprint density at radius 2 is 1.85 bits per heavy atom. The first kappa shape index (κ1) is 20.7. The van der Waals surface area contributed by atoms with E-state index in [1.54, 1.807) is 19.2 Å². The summed E-state index contributed by atoms with van der Waals surface area (Å²) in [5, 5.41) is 1.03. The first-order valence-corrected chi connectivity index (χ1v) is 10.7. The number of methoxy groups -OCH3 is 1. The number of hydrogen-bond acceptors (Lipinski definition) is 3. The second-order valence-corrected chi connectivity index (χ2v) is 8.43. The average Bonchev–Trinajstić information content (AvgIpc) is 2.69. The fourth-order valence-electron chi connectivity index (χ4n) is 3.05. The first-order chi connectivity index (χ1) is 13.0. The summed E-state index contributed by atoms with van der Waals surface area (Å²) in [4.78, 5) is 3.11. The zero-order valence-corrected chi connectivity index (χ0v) is 18.8. The highest BCUT2D eigenvalue weighted by Crippen LogP contribution is 2.38. The summed E-state index contributed by atoms with van der Waals surface area (Å²) < 4.78 is 12.3. The van der Waals surface area contributed by atoms with Crippen LogP contribution >= 0.6 is 51.3 Å². The van der Waals surface area contributed by atoms with Crippen molar-refractivity contribution in [1.29, 1.82) is 0 Å². The zero-order chi connectivity index (χ0) is 19.4. The Bertz CT molecular complexity index is 841. The minimum Gasteiger partial charge on any atom is -0.493 e. The van der Waals surface area contributed by atoms with Crippen molar-refractivity contribution in [3.8, 4) is 11.5 Å². The van der Waals surface area contributed by atoms with Crippen molar-refractivity contribution in [2.45, 2.75) is 25.9 Å². The van der Waals surface area contributed by atoms with Gasteiger partial charge in [-0.2, -0.15) is 0 Å². The van der Waals surface area contributed by atoms with E-state index in [1.165, 1.54) is 19.3 Å². The molecule has 144 valence electrons. The molecule has 7 heteroatoms. The van der Waals surface area contributed by atoms with Gasteiger partial charge >= 0.3 is 0 Å². The smallest absolute Gasteiger partial charge is 0.175 e. The van der Waals surface area contributed by atoms with E-state index in [9.17, 15) is 0 Å². The first-order valence-electron chi connectivity index (χ1n) is 8.73. The lowest BCUT2D eigenvalue weighted by Crippen LogP contribution is -2.34. The molecular formula is C20H20BrCl2NO2S. The van der Waals surface area contributed by atoms with Gasteiger partial charge in [-0.15, -0.1) is 0 Å². The van der Waals surface area contributed by atoms with Crippen LogP contribution < -0.4 is 9.47 Å². The maximum Gasteiger partial charge on any atom is 0.175 e. The third kappa shape index (κ3) is 5.08. The number of piperidine rings is 1. The summed E-state index contributed by atoms with van der Waals surface area (Å²) >= 11 is 21.3. The molecule has 0 N–H and O–H groups in total. The maximum atomic E-state index is 6.07. The van der Waals surface area contributed by atoms with Gasteiger partial charge in [-0.3, -0.25) is 0 Å². The highest BCUT2D eigenvalue weighted by atomic mass is 79.9. The molecule has 0 aliphatic carbocycles. The molecule has 0 radical (unpaired) electrons. The number of halogens is 3. The Kier molecular flexibility index (Phi) is 7.26. The quantitative estimate of drug-likeness (QED) is 0.447. The summed E-state index contributed by atoms with van der Waals surface area (Å²) in [6.07, 6.45) is 3.64. The van der Waals surface area contributed by atoms with Gasteiger partial charge in [0.15, 0.2) is 11.5 Å². The fourth-order valence-corrected chi connectivity index (χ4v) is 4.23. The van der Waals surface area contributed by atoms with Crippen molar-refractivity contribution < 1.29 is 9.47 Å². The average molecular weight is 489 g/mol. The molecule has 0 spiro atoms. The predicted octanol–water partition coefficient (Wildman–Crippen LogP) is 6.50. The van der Waals surface area contributed by atoms with Crippen molar-refractivity contribution in [1.82, 2.24) is 4.90 Å². The Morgan fingerprint density at radius 1 is 1.11 bits per heavy atom. The van der Waals surface area contributed by atoms with Crippen LogP contribution in [0.4, 0.5) is 0 Å². The molecule has 2 aromatic rings. The molecule has 1 heterocycles. The fraction of sp³-hybridized carbons (Fsp3) is 0.350. The monoisotopic (exact) mass is 487 g/mol. The molecule has 27 heavy (non-hydrogen) atoms. The molecule has 3 nitrogen and oxygen atoms in total. The lowest BCUT2D eigenvalue weighted by atomic mass is 10.1. The van der Waals surface area contributed by atoms with Crippen LogP contribution in [0.5, 0.6) is 11.5 Å². The van der Waals surface area contributed by atoms with Crippen LogP contribution in [0.15, 0.2) is 34.8 Å². The summed E-state index contributed by atoms with van der Waals surface area (Å²) in [6.45, 7) is 2.37. The minimum absolute atomic E-state index is 0.349. The van der Waals surface area contributed by atoms with Gasteiger partial charge in [0.05, 0.1) is 21.6 Å². The number of benzene rings is 2. The molecule has 0 saturated carbocycles. The van der Waals surface area contributed by atoms with Gasteiger partial charge in [0, 0.05) is 18.7 Å². The number of rotatable bonds is 5. The number of likely N-dealkylation sites (tertiary alicyclic amines) is 1. The lowest BCUT2D eigenvalue weighted by molar-refractivity contribution is 0.282. The standard InChI is InChI=1S/C20H20BrCl2NO2S/c1-25-18-11-14(20(27)24-7-3-2-4-8-24)10-15(21)19(18)26-12-13-5-6-16(22)17(23)9-13/h5-6,9-11H,2-4,7-8,12H2,1H3. The molecule has 2 aromatic carbocycles. The number of hydrogen-bond donors (Lipinski definition) is 0. The lowest BCUT2D eigenvalue weighted by Gasteiger charge is -2.29. The van der Waals surface area contributed by atoms with Crippen LogP contribution in [0, 0.1) is 0 Å². The molecule has 1 aliphatic rings. The molecule has 1 fully saturated rings. The SMILES string of the molecule is COc1cc(C(=S)N2CCCCC2)cc(Br)c1OCc1ccc(Cl)c(Cl)c1. The second kappa shape index (κ2) is 9.46. The molecule has 0 atom stereocenters. The van der Waals surface area contributed by atoms with Gasteiger partial charge in [0.25, 0.3) is 0 Å². The predicted molar refractivity (Wildman–Crippen MR) is 119 cm³/mol. The van der Waals surface area contributed by atoms with Gasteiger partial charge in [-0.25, -0.2) is 0 Å². The molecule has 3 rings (SSSR count). The topological polar surface area (TPSA) is 21.7 Å². The number of ether oxygens (including phenoxy) is 2. The highest BCUT2D eigenvalue weighted by Gasteiger charge is 2.19. The summed E-state index contributed by atoms with van der Waals surface area (Å²) in [5.41, 5.74) is 1.88. The summed E-state index contributed by atoms with van der Waals surface area (Å²) in [7, 11) is 1.63. The van der Waals surface area contributed by atoms with Gasteiger partial charge in [0.2, 0.25) is 0 Å². The van der Waals surface area contributed by atoms with E-state index in [0.29, 0.717) is 28.2 Å². The van der Waals surface area contributed by atoms with E-state index in [2.05, 4.69) is 20.8 Å². The molecule has 1 aliphatic heterocycles. The van der Waals surface area contributed by atoms with Crippen LogP contribution in [0.3, 0.4) is 0 Å². The normalized spacial score (nSPS) is 14.1. The van der Waals surface area contributed by atoms with Gasteiger partial charge in [-0.1, -0.05) is 41.5 Å². The van der Waals surface area contributed by atoms with Gasteiger partial charge in [-0.05, 0) is 65.0 Å². The van der Waals surface area contributed by atoms with Crippen molar-refractivity contribution >= 4 is 56.3 Å². The number of nitrogens with zero attached hydrogens (tertiary/aromatic N) is 1. The number of thiocarbonyl (C=S) groups is 1. The third-order valence-electron chi connectivity index (χ3n) is 4.49. The third-order valence-corrected chi connectivity index (χ3v) is 6.31. The van der Waals surface area contributed by atoms with Crippen LogP contribution in [0.1, 0.15) is 30.4 Å². The Balaban J connectivity index is 1.79. The van der Waals surface area contributed by atoms with Crippen molar-refractivity contribution in [3.05, 3.63) is 56.0 Å². The van der Waals surface area contributed by atoms with E-state index >= 15 is 0 Å². The molecule has 0 bridgehead atoms. The minimum atomic E-state index is 0.349. The largest absolute Gasteiger partial charge is 0.493 e. The van der Waals surface area contributed by atoms with Crippen molar-refractivity contribution in [2.24, 2.45) is 0 Å². The Morgan fingerprint density at radius 3 is 2.52 bits per heavy atom. The van der Waals surface area contributed by atoms with Crippen molar-refractivity contribution in [2.75, 3.05) is 20.2 Å². The van der Waals surface area contributed by atoms with Crippen molar-refractivity contribution in [3.63, 3.8) is 0 Å². The summed E-state index contributed by atoms with van der Waals surface area (Å²) in [5.74, 6) is 1.27. The van der Waals surface area contributed by atoms with E-state index in [-0.39, 0.29) is 0 Å². The van der Waals surface area contributed by atoms with E-state index in [4.69, 9.17) is 44.9 Å². The molecule has 0 unspecified atom stereocenters. The van der Waals surface area contributed by atoms with E-state index < -0.39 is 0 Å². The maximum absolute atomic E-state index is 6.07. The molecule has 0 aromatic heterocycles. The van der Waals surface area contributed by atoms with Crippen LogP contribution in [-0.2, 0) is 6.61 Å². The van der Waals surface area contributed by atoms with Crippen LogP contribution in [-0.4, -0.2) is 30.1 Å². The second-order valence-electron chi connectivity index (χ2n) is 6.38. The molecule has 0 amide bonds. The van der Waals surface area contributed by atoms with Crippen LogP contribution in [0.2, 0.25) is 10.0 Å². The summed E-state index contributed by atoms with van der Waals surface area (Å²) in [6, 6.07) is 9.36. The van der Waals surface area contributed by atoms with Gasteiger partial charge < -0.3 is 14.4 Å². The molecule has 1 saturated heterocycles. The Labute approximate surface area is 183 Å². The van der Waals surface area contributed by atoms with E-state index in [1.807, 2.05) is 18.2 Å². The zero-order valence-electron chi connectivity index (χ0n) is 14.9. The Hall–Kier alpha value is -1.01. The molecular weight excluding hydrogens is 469 g/mol. The van der Waals surface area contributed by atoms with Gasteiger partial charge in [0.1, 0.15) is 11.6 Å².